The van der Waals surface area contributed by atoms with Gasteiger partial charge in [0.05, 0.1) is 12.1 Å². The molecule has 0 fully saturated rings. The van der Waals surface area contributed by atoms with Crippen LogP contribution in [0.3, 0.4) is 0 Å². The Morgan fingerprint density at radius 2 is 2.00 bits per heavy atom. The van der Waals surface area contributed by atoms with E-state index in [1.807, 2.05) is 12.1 Å². The lowest BCUT2D eigenvalue weighted by molar-refractivity contribution is -0.104. The zero-order valence-electron chi connectivity index (χ0n) is 7.16. The van der Waals surface area contributed by atoms with Crippen LogP contribution in [-0.4, -0.2) is 13.4 Å². The molecule has 1 aromatic carbocycles. The van der Waals surface area contributed by atoms with Gasteiger partial charge in [-0.05, 0) is 23.8 Å². The van der Waals surface area contributed by atoms with Crippen molar-refractivity contribution < 1.29 is 9.53 Å². The summed E-state index contributed by atoms with van der Waals surface area (Å²) in [5, 5.41) is 0.185. The number of carbonyl (C=O) groups excluding carboxylic acids is 1. The van der Waals surface area contributed by atoms with E-state index in [2.05, 4.69) is 0 Å². The molecule has 0 spiro atoms. The molecule has 1 rings (SSSR count). The Balaban J connectivity index is 2.86. The van der Waals surface area contributed by atoms with Gasteiger partial charge in [0.25, 0.3) is 0 Å². The van der Waals surface area contributed by atoms with Crippen molar-refractivity contribution in [2.75, 3.05) is 7.11 Å². The summed E-state index contributed by atoms with van der Waals surface area (Å²) in [5.74, 6) is 0.777. The average molecular weight is 197 g/mol. The predicted molar refractivity (Wildman–Crippen MR) is 52.9 cm³/mol. The number of benzene rings is 1. The molecule has 0 atom stereocenters. The van der Waals surface area contributed by atoms with E-state index in [4.69, 9.17) is 16.3 Å². The molecule has 0 aliphatic rings. The summed E-state index contributed by atoms with van der Waals surface area (Å²) >= 11 is 5.54. The van der Waals surface area contributed by atoms with E-state index in [1.54, 1.807) is 25.3 Å². The maximum absolute atomic E-state index is 10.2. The van der Waals surface area contributed by atoms with E-state index in [9.17, 15) is 4.79 Å². The van der Waals surface area contributed by atoms with Gasteiger partial charge in [0.15, 0.2) is 6.29 Å². The topological polar surface area (TPSA) is 26.3 Å². The van der Waals surface area contributed by atoms with Crippen LogP contribution in [0.1, 0.15) is 5.56 Å². The molecule has 0 bridgehead atoms. The number of rotatable bonds is 3. The fourth-order valence-corrected chi connectivity index (χ4v) is 1.02. The molecule has 0 aliphatic carbocycles. The van der Waals surface area contributed by atoms with Gasteiger partial charge in [0, 0.05) is 0 Å². The quantitative estimate of drug-likeness (QED) is 0.549. The Kier molecular flexibility index (Phi) is 3.53. The number of hydrogen-bond acceptors (Lipinski definition) is 2. The molecular weight excluding hydrogens is 188 g/mol. The van der Waals surface area contributed by atoms with Crippen LogP contribution in [0.15, 0.2) is 29.3 Å². The number of hydrogen-bond donors (Lipinski definition) is 0. The van der Waals surface area contributed by atoms with Gasteiger partial charge in [0.2, 0.25) is 0 Å². The Morgan fingerprint density at radius 1 is 1.38 bits per heavy atom. The standard InChI is InChI=1S/C10H9ClO2/c1-13-10-4-2-8(3-5-10)6-9(11)7-12/h2-7H,1H3/b9-6-. The van der Waals surface area contributed by atoms with Crippen LogP contribution in [-0.2, 0) is 4.79 Å². The molecule has 0 saturated heterocycles. The average Bonchev–Trinajstić information content (AvgIpc) is 2.19. The van der Waals surface area contributed by atoms with Gasteiger partial charge in [0.1, 0.15) is 5.75 Å². The van der Waals surface area contributed by atoms with Crippen LogP contribution < -0.4 is 4.74 Å². The molecule has 3 heteroatoms. The number of aldehydes is 1. The fraction of sp³-hybridized carbons (Fsp3) is 0.100. The van der Waals surface area contributed by atoms with E-state index < -0.39 is 0 Å². The highest BCUT2D eigenvalue weighted by atomic mass is 35.5. The largest absolute Gasteiger partial charge is 0.497 e. The van der Waals surface area contributed by atoms with Crippen LogP contribution in [0.4, 0.5) is 0 Å². The first-order valence-electron chi connectivity index (χ1n) is 3.72. The van der Waals surface area contributed by atoms with E-state index in [-0.39, 0.29) is 5.03 Å². The SMILES string of the molecule is COc1ccc(/C=C(\Cl)C=O)cc1. The van der Waals surface area contributed by atoms with E-state index >= 15 is 0 Å². The Hall–Kier alpha value is -1.28. The van der Waals surface area contributed by atoms with Gasteiger partial charge in [-0.3, -0.25) is 4.79 Å². The Bertz CT molecular complexity index is 314. The minimum atomic E-state index is 0.185. The Labute approximate surface area is 81.8 Å². The first-order valence-corrected chi connectivity index (χ1v) is 4.10. The minimum Gasteiger partial charge on any atom is -0.497 e. The van der Waals surface area contributed by atoms with Gasteiger partial charge in [-0.2, -0.15) is 0 Å². The lowest BCUT2D eigenvalue weighted by atomic mass is 10.2. The third kappa shape index (κ3) is 2.92. The highest BCUT2D eigenvalue weighted by Gasteiger charge is 1.92. The van der Waals surface area contributed by atoms with Crippen molar-refractivity contribution in [3.63, 3.8) is 0 Å². The molecule has 0 radical (unpaired) electrons. The van der Waals surface area contributed by atoms with Crippen LogP contribution in [0.25, 0.3) is 6.08 Å². The van der Waals surface area contributed by atoms with Crippen molar-refractivity contribution in [1.82, 2.24) is 0 Å². The number of halogens is 1. The first-order chi connectivity index (χ1) is 6.26. The number of carbonyl (C=O) groups is 1. The molecule has 13 heavy (non-hydrogen) atoms. The summed E-state index contributed by atoms with van der Waals surface area (Å²) in [4.78, 5) is 10.2. The summed E-state index contributed by atoms with van der Waals surface area (Å²) in [5.41, 5.74) is 0.873. The number of ether oxygens (including phenoxy) is 1. The van der Waals surface area contributed by atoms with Crippen molar-refractivity contribution >= 4 is 24.0 Å². The van der Waals surface area contributed by atoms with Crippen molar-refractivity contribution in [3.05, 3.63) is 34.9 Å². The maximum atomic E-state index is 10.2. The summed E-state index contributed by atoms with van der Waals surface area (Å²) in [7, 11) is 1.60. The number of methoxy groups -OCH3 is 1. The van der Waals surface area contributed by atoms with Crippen molar-refractivity contribution in [1.29, 1.82) is 0 Å². The lowest BCUT2D eigenvalue weighted by Gasteiger charge is -1.98. The van der Waals surface area contributed by atoms with Gasteiger partial charge >= 0.3 is 0 Å². The molecule has 0 unspecified atom stereocenters. The second kappa shape index (κ2) is 4.67. The summed E-state index contributed by atoms with van der Waals surface area (Å²) in [6, 6.07) is 7.26. The number of allylic oxidation sites excluding steroid dienone is 1. The van der Waals surface area contributed by atoms with Crippen LogP contribution in [0.5, 0.6) is 5.75 Å². The van der Waals surface area contributed by atoms with Gasteiger partial charge in [-0.1, -0.05) is 23.7 Å². The highest BCUT2D eigenvalue weighted by molar-refractivity contribution is 6.40. The van der Waals surface area contributed by atoms with Crippen LogP contribution in [0, 0.1) is 0 Å². The van der Waals surface area contributed by atoms with Gasteiger partial charge < -0.3 is 4.74 Å². The molecule has 2 nitrogen and oxygen atoms in total. The lowest BCUT2D eigenvalue weighted by Crippen LogP contribution is -1.82. The summed E-state index contributed by atoms with van der Waals surface area (Å²) in [6.07, 6.45) is 2.19. The predicted octanol–water partition coefficient (Wildman–Crippen LogP) is 2.47. The van der Waals surface area contributed by atoms with E-state index in [0.29, 0.717) is 6.29 Å². The molecule has 0 amide bonds. The second-order valence-electron chi connectivity index (χ2n) is 2.42. The van der Waals surface area contributed by atoms with Gasteiger partial charge in [-0.25, -0.2) is 0 Å². The van der Waals surface area contributed by atoms with Crippen molar-refractivity contribution in [2.24, 2.45) is 0 Å². The second-order valence-corrected chi connectivity index (χ2v) is 2.86. The molecule has 1 aromatic rings. The van der Waals surface area contributed by atoms with Crippen molar-refractivity contribution in [3.8, 4) is 5.75 Å². The zero-order valence-corrected chi connectivity index (χ0v) is 7.91. The summed E-state index contributed by atoms with van der Waals surface area (Å²) < 4.78 is 4.98. The molecular formula is C10H9ClO2. The third-order valence-electron chi connectivity index (χ3n) is 1.53. The molecule has 0 aliphatic heterocycles. The fourth-order valence-electron chi connectivity index (χ4n) is 0.893. The monoisotopic (exact) mass is 196 g/mol. The molecule has 68 valence electrons. The van der Waals surface area contributed by atoms with E-state index in [0.717, 1.165) is 11.3 Å². The zero-order chi connectivity index (χ0) is 9.68. The smallest absolute Gasteiger partial charge is 0.161 e. The molecule has 0 saturated carbocycles. The van der Waals surface area contributed by atoms with Gasteiger partial charge in [-0.15, -0.1) is 0 Å². The van der Waals surface area contributed by atoms with E-state index in [1.165, 1.54) is 0 Å². The maximum Gasteiger partial charge on any atom is 0.161 e. The first kappa shape index (κ1) is 9.81. The minimum absolute atomic E-state index is 0.185. The van der Waals surface area contributed by atoms with Crippen LogP contribution >= 0.6 is 11.6 Å². The Morgan fingerprint density at radius 3 is 2.46 bits per heavy atom. The third-order valence-corrected chi connectivity index (χ3v) is 1.73. The van der Waals surface area contributed by atoms with Crippen molar-refractivity contribution in [2.45, 2.75) is 0 Å². The molecule has 0 N–H and O–H groups in total. The molecule has 0 heterocycles. The normalized spacial score (nSPS) is 11.1. The van der Waals surface area contributed by atoms with Crippen LogP contribution in [0.2, 0.25) is 0 Å². The summed E-state index contributed by atoms with van der Waals surface area (Å²) in [6.45, 7) is 0. The molecule has 0 aromatic heterocycles. The highest BCUT2D eigenvalue weighted by Crippen LogP contribution is 2.14.